The van der Waals surface area contributed by atoms with Gasteiger partial charge in [0.25, 0.3) is 0 Å². The van der Waals surface area contributed by atoms with Gasteiger partial charge < -0.3 is 14.6 Å². The number of allylic oxidation sites excluding steroid dienone is 1. The summed E-state index contributed by atoms with van der Waals surface area (Å²) in [5.74, 6) is -0.570. The van der Waals surface area contributed by atoms with Gasteiger partial charge in [0.05, 0.1) is 19.1 Å². The number of carbonyl (C=O) groups excluding carboxylic acids is 1. The van der Waals surface area contributed by atoms with Gasteiger partial charge in [-0.15, -0.1) is 0 Å². The zero-order valence-corrected chi connectivity index (χ0v) is 16.0. The summed E-state index contributed by atoms with van der Waals surface area (Å²) in [5.41, 5.74) is 5.62. The Hall–Kier alpha value is -1.65. The minimum atomic E-state index is -0.986. The quantitative estimate of drug-likeness (QED) is 0.462. The van der Waals surface area contributed by atoms with Crippen LogP contribution < -0.4 is 0 Å². The molecule has 0 radical (unpaired) electrons. The molecule has 0 aromatic heterocycles. The van der Waals surface area contributed by atoms with Crippen molar-refractivity contribution in [3.05, 3.63) is 46.0 Å². The Morgan fingerprint density at radius 2 is 2.04 bits per heavy atom. The van der Waals surface area contributed by atoms with E-state index in [0.717, 1.165) is 24.0 Å². The first kappa shape index (κ1) is 19.7. The van der Waals surface area contributed by atoms with Crippen molar-refractivity contribution in [2.45, 2.75) is 59.7 Å². The van der Waals surface area contributed by atoms with Crippen molar-refractivity contribution >= 4 is 5.97 Å². The molecule has 1 aliphatic carbocycles. The highest BCUT2D eigenvalue weighted by Gasteiger charge is 2.36. The van der Waals surface area contributed by atoms with Gasteiger partial charge in [0.2, 0.25) is 0 Å². The first-order chi connectivity index (χ1) is 11.9. The number of hydrogen-bond acceptors (Lipinski definition) is 4. The number of aliphatic hydroxyl groups excluding tert-OH is 1. The van der Waals surface area contributed by atoms with E-state index < -0.39 is 12.2 Å². The summed E-state index contributed by atoms with van der Waals surface area (Å²) in [7, 11) is 0. The molecule has 4 heteroatoms. The molecule has 1 N–H and O–H groups in total. The second-order valence-electron chi connectivity index (χ2n) is 7.02. The third kappa shape index (κ3) is 4.50. The number of esters is 1. The average molecular weight is 346 g/mol. The summed E-state index contributed by atoms with van der Waals surface area (Å²) in [5, 5.41) is 10.2. The standard InChI is InChI=1S/C21H30O4/c1-6-24-21(23)19(12-25-20(22)15(5)13(2)3)18-11-10-16-14(4)8-7-9-17(16)18/h7-9,18-20,22H,6,10-12H2,1-5H3. The number of aryl methyl sites for hydroxylation is 1. The lowest BCUT2D eigenvalue weighted by atomic mass is 9.87. The van der Waals surface area contributed by atoms with E-state index >= 15 is 0 Å². The molecule has 0 saturated carbocycles. The van der Waals surface area contributed by atoms with Gasteiger partial charge in [-0.2, -0.15) is 0 Å². The molecule has 3 unspecified atom stereocenters. The van der Waals surface area contributed by atoms with Crippen LogP contribution in [0.3, 0.4) is 0 Å². The van der Waals surface area contributed by atoms with Crippen LogP contribution in [0.25, 0.3) is 0 Å². The van der Waals surface area contributed by atoms with Gasteiger partial charge >= 0.3 is 5.97 Å². The van der Waals surface area contributed by atoms with Gasteiger partial charge in [-0.1, -0.05) is 23.8 Å². The largest absolute Gasteiger partial charge is 0.466 e. The van der Waals surface area contributed by atoms with E-state index in [1.54, 1.807) is 0 Å². The first-order valence-electron chi connectivity index (χ1n) is 9.05. The third-order valence-corrected chi connectivity index (χ3v) is 5.22. The van der Waals surface area contributed by atoms with Crippen LogP contribution in [0, 0.1) is 12.8 Å². The molecule has 138 valence electrons. The number of rotatable bonds is 7. The Balaban J connectivity index is 2.20. The number of benzene rings is 1. The summed E-state index contributed by atoms with van der Waals surface area (Å²) in [6.45, 7) is 10.1. The lowest BCUT2D eigenvalue weighted by molar-refractivity contribution is -0.155. The van der Waals surface area contributed by atoms with Gasteiger partial charge in [0.1, 0.15) is 0 Å². The van der Waals surface area contributed by atoms with E-state index in [4.69, 9.17) is 9.47 Å². The maximum atomic E-state index is 12.5. The van der Waals surface area contributed by atoms with Crippen LogP contribution >= 0.6 is 0 Å². The summed E-state index contributed by atoms with van der Waals surface area (Å²) < 4.78 is 10.9. The summed E-state index contributed by atoms with van der Waals surface area (Å²) in [6, 6.07) is 6.25. The van der Waals surface area contributed by atoms with Crippen LogP contribution in [0.2, 0.25) is 0 Å². The molecule has 1 aliphatic rings. The minimum absolute atomic E-state index is 0.0770. The molecule has 0 saturated heterocycles. The smallest absolute Gasteiger partial charge is 0.311 e. The second kappa shape index (κ2) is 8.63. The van der Waals surface area contributed by atoms with Gasteiger partial charge in [-0.3, -0.25) is 4.79 Å². The van der Waals surface area contributed by atoms with E-state index in [0.29, 0.717) is 6.61 Å². The van der Waals surface area contributed by atoms with E-state index in [-0.39, 0.29) is 18.5 Å². The summed E-state index contributed by atoms with van der Waals surface area (Å²) in [6.07, 6.45) is 0.892. The second-order valence-corrected chi connectivity index (χ2v) is 7.02. The molecule has 0 spiro atoms. The van der Waals surface area contributed by atoms with Gasteiger partial charge in [0.15, 0.2) is 6.29 Å². The molecular weight excluding hydrogens is 316 g/mol. The zero-order valence-electron chi connectivity index (χ0n) is 16.0. The first-order valence-corrected chi connectivity index (χ1v) is 9.05. The highest BCUT2D eigenvalue weighted by Crippen LogP contribution is 2.40. The Morgan fingerprint density at radius 3 is 2.68 bits per heavy atom. The van der Waals surface area contributed by atoms with Gasteiger partial charge in [0, 0.05) is 5.92 Å². The van der Waals surface area contributed by atoms with E-state index in [1.807, 2.05) is 33.8 Å². The van der Waals surface area contributed by atoms with Crippen LogP contribution in [-0.4, -0.2) is 30.6 Å². The Morgan fingerprint density at radius 1 is 1.32 bits per heavy atom. The molecule has 0 amide bonds. The van der Waals surface area contributed by atoms with E-state index in [1.165, 1.54) is 16.7 Å². The SMILES string of the molecule is CCOC(=O)C(COC(O)C(C)=C(C)C)C1CCc2c(C)cccc21. The van der Waals surface area contributed by atoms with Crippen molar-refractivity contribution in [3.8, 4) is 0 Å². The van der Waals surface area contributed by atoms with Crippen molar-refractivity contribution in [2.75, 3.05) is 13.2 Å². The fraction of sp³-hybridized carbons (Fsp3) is 0.571. The number of hydrogen-bond donors (Lipinski definition) is 1. The normalized spacial score (nSPS) is 18.4. The van der Waals surface area contributed by atoms with Crippen LogP contribution in [-0.2, 0) is 20.7 Å². The van der Waals surface area contributed by atoms with Gasteiger partial charge in [-0.05, 0) is 69.7 Å². The predicted molar refractivity (Wildman–Crippen MR) is 98.4 cm³/mol. The topological polar surface area (TPSA) is 55.8 Å². The number of fused-ring (bicyclic) bond motifs is 1. The molecule has 4 nitrogen and oxygen atoms in total. The Bertz CT molecular complexity index is 643. The molecule has 0 fully saturated rings. The van der Waals surface area contributed by atoms with Crippen molar-refractivity contribution in [2.24, 2.45) is 5.92 Å². The van der Waals surface area contributed by atoms with Crippen LogP contribution in [0.4, 0.5) is 0 Å². The highest BCUT2D eigenvalue weighted by molar-refractivity contribution is 5.74. The molecule has 0 heterocycles. The molecule has 0 aliphatic heterocycles. The molecule has 3 atom stereocenters. The summed E-state index contributed by atoms with van der Waals surface area (Å²) >= 11 is 0. The summed E-state index contributed by atoms with van der Waals surface area (Å²) in [4.78, 5) is 12.5. The molecule has 1 aromatic carbocycles. The highest BCUT2D eigenvalue weighted by atomic mass is 16.6. The fourth-order valence-corrected chi connectivity index (χ4v) is 3.45. The number of carbonyl (C=O) groups is 1. The van der Waals surface area contributed by atoms with Crippen molar-refractivity contribution in [1.82, 2.24) is 0 Å². The maximum absolute atomic E-state index is 12.5. The number of aliphatic hydroxyl groups is 1. The fourth-order valence-electron chi connectivity index (χ4n) is 3.45. The van der Waals surface area contributed by atoms with E-state index in [9.17, 15) is 9.90 Å². The molecule has 1 aromatic rings. The van der Waals surface area contributed by atoms with Crippen molar-refractivity contribution in [3.63, 3.8) is 0 Å². The molecule has 2 rings (SSSR count). The van der Waals surface area contributed by atoms with Crippen molar-refractivity contribution < 1.29 is 19.4 Å². The van der Waals surface area contributed by atoms with Crippen LogP contribution in [0.1, 0.15) is 56.7 Å². The van der Waals surface area contributed by atoms with Crippen molar-refractivity contribution in [1.29, 1.82) is 0 Å². The predicted octanol–water partition coefficient (Wildman–Crippen LogP) is 3.90. The third-order valence-electron chi connectivity index (χ3n) is 5.22. The minimum Gasteiger partial charge on any atom is -0.466 e. The van der Waals surface area contributed by atoms with E-state index in [2.05, 4.69) is 19.1 Å². The lowest BCUT2D eigenvalue weighted by Gasteiger charge is -2.24. The monoisotopic (exact) mass is 346 g/mol. The Kier molecular flexibility index (Phi) is 6.79. The zero-order chi connectivity index (χ0) is 18.6. The van der Waals surface area contributed by atoms with Crippen LogP contribution in [0.5, 0.6) is 0 Å². The van der Waals surface area contributed by atoms with Gasteiger partial charge in [-0.25, -0.2) is 0 Å². The Labute approximate surface area is 150 Å². The maximum Gasteiger partial charge on any atom is 0.311 e. The lowest BCUT2D eigenvalue weighted by Crippen LogP contribution is -2.30. The average Bonchev–Trinajstić information content (AvgIpc) is 2.99. The van der Waals surface area contributed by atoms with Crippen LogP contribution in [0.15, 0.2) is 29.3 Å². The molecular formula is C21H30O4. The number of ether oxygens (including phenoxy) is 2. The molecule has 0 bridgehead atoms. The molecule has 25 heavy (non-hydrogen) atoms.